The third-order valence-corrected chi connectivity index (χ3v) is 4.93. The molecule has 0 saturated heterocycles. The molecule has 89 valence electrons. The zero-order valence-electron chi connectivity index (χ0n) is 10.0. The maximum Gasteiger partial charge on any atom is 0.290 e. The standard InChI is InChI=1S/C10H15OS.CH2O2.Pb/c1-7-6-8(10(2,3)4)12-9(7)11-5;2-1-3;/h6H,1H2,2-5H3;1H,(H,2,3);. The summed E-state index contributed by atoms with van der Waals surface area (Å²) in [5.74, 6) is 0. The van der Waals surface area contributed by atoms with E-state index in [-0.39, 0.29) is 11.9 Å². The van der Waals surface area contributed by atoms with E-state index in [4.69, 9.17) is 14.6 Å². The van der Waals surface area contributed by atoms with Crippen molar-refractivity contribution < 1.29 is 14.6 Å². The van der Waals surface area contributed by atoms with Gasteiger partial charge in [0.25, 0.3) is 6.47 Å². The molecule has 5 heteroatoms. The summed E-state index contributed by atoms with van der Waals surface area (Å²) in [7, 11) is 1.76. The van der Waals surface area contributed by atoms with E-state index in [1.165, 1.54) is 40.2 Å². The number of hydrogen-bond acceptors (Lipinski definition) is 3. The van der Waals surface area contributed by atoms with Gasteiger partial charge in [0.1, 0.15) is 0 Å². The Bertz CT molecular complexity index is 307. The summed E-state index contributed by atoms with van der Waals surface area (Å²) in [5, 5.41) is 8.00. The second-order valence-corrected chi connectivity index (χ2v) is 6.55. The summed E-state index contributed by atoms with van der Waals surface area (Å²) >= 11 is 3.00. The van der Waals surface area contributed by atoms with E-state index >= 15 is 0 Å². The zero-order chi connectivity index (χ0) is 12.8. The van der Waals surface area contributed by atoms with E-state index < -0.39 is 0 Å². The van der Waals surface area contributed by atoms with E-state index in [9.17, 15) is 0 Å². The Hall–Kier alpha value is -0.108. The van der Waals surface area contributed by atoms with Gasteiger partial charge in [-0.2, -0.15) is 0 Å². The van der Waals surface area contributed by atoms with Gasteiger partial charge in [0.2, 0.25) is 0 Å². The number of thiophene rings is 1. The fraction of sp³-hybridized carbons (Fsp3) is 0.545. The molecule has 3 radical (unpaired) electrons. The molecule has 0 spiro atoms. The van der Waals surface area contributed by atoms with Crippen LogP contribution in [0, 0.1) is 0 Å². The van der Waals surface area contributed by atoms with Crippen LogP contribution in [0.25, 0.3) is 0 Å². The van der Waals surface area contributed by atoms with Crippen molar-refractivity contribution in [1.82, 2.24) is 0 Å². The van der Waals surface area contributed by atoms with Crippen molar-refractivity contribution in [2.45, 2.75) is 30.2 Å². The third kappa shape index (κ3) is 4.82. The minimum absolute atomic E-state index is 0.250. The summed E-state index contributed by atoms with van der Waals surface area (Å²) in [6, 6.07) is 2.30. The fourth-order valence-corrected chi connectivity index (χ4v) is 3.65. The SMILES string of the molecule is COc1sc(C(C)(C)C)cc1[CH2][Pb].O=CO. The van der Waals surface area contributed by atoms with Crippen molar-refractivity contribution >= 4 is 43.6 Å². The van der Waals surface area contributed by atoms with Crippen molar-refractivity contribution in [3.63, 3.8) is 0 Å². The number of hydrogen-bond donors (Lipinski definition) is 1. The van der Waals surface area contributed by atoms with Crippen molar-refractivity contribution in [1.29, 1.82) is 0 Å². The van der Waals surface area contributed by atoms with Crippen LogP contribution in [0.4, 0.5) is 0 Å². The summed E-state index contributed by atoms with van der Waals surface area (Å²) in [5.41, 5.74) is 1.65. The second kappa shape index (κ2) is 7.26. The van der Waals surface area contributed by atoms with Crippen molar-refractivity contribution in [2.75, 3.05) is 7.11 Å². The van der Waals surface area contributed by atoms with Crippen molar-refractivity contribution in [3.05, 3.63) is 16.5 Å². The minimum atomic E-state index is -0.250. The van der Waals surface area contributed by atoms with Gasteiger partial charge in [-0.3, -0.25) is 4.79 Å². The molecule has 1 N–H and O–H groups in total. The summed E-state index contributed by atoms with van der Waals surface area (Å²) in [6.07, 6.45) is 0. The first-order chi connectivity index (χ1) is 7.40. The van der Waals surface area contributed by atoms with Gasteiger partial charge < -0.3 is 5.11 Å². The van der Waals surface area contributed by atoms with Crippen LogP contribution in [0.1, 0.15) is 31.2 Å². The first-order valence-electron chi connectivity index (χ1n) is 4.80. The Morgan fingerprint density at radius 3 is 2.31 bits per heavy atom. The van der Waals surface area contributed by atoms with Crippen LogP contribution in [-0.2, 0) is 14.2 Å². The number of methoxy groups -OCH3 is 1. The van der Waals surface area contributed by atoms with Crippen LogP contribution in [0.5, 0.6) is 5.06 Å². The molecule has 1 aromatic heterocycles. The summed E-state index contributed by atoms with van der Waals surface area (Å²) in [4.78, 5) is 9.79. The molecule has 0 amide bonds. The molecule has 0 fully saturated rings. The van der Waals surface area contributed by atoms with Crippen LogP contribution in [0.15, 0.2) is 6.07 Å². The van der Waals surface area contributed by atoms with E-state index in [0.29, 0.717) is 0 Å². The zero-order valence-corrected chi connectivity index (χ0v) is 14.7. The largest absolute Gasteiger partial charge is 0.483 e. The maximum atomic E-state index is 8.36. The van der Waals surface area contributed by atoms with E-state index in [0.717, 1.165) is 5.06 Å². The molecule has 0 atom stereocenters. The van der Waals surface area contributed by atoms with Gasteiger partial charge >= 0.3 is 101 Å². The maximum absolute atomic E-state index is 8.36. The van der Waals surface area contributed by atoms with Gasteiger partial charge in [-0.05, 0) is 0 Å². The average molecular weight is 437 g/mol. The van der Waals surface area contributed by atoms with Crippen molar-refractivity contribution in [3.8, 4) is 5.06 Å². The van der Waals surface area contributed by atoms with Gasteiger partial charge in [-0.15, -0.1) is 0 Å². The molecular formula is C11H17O3PbS. The molecule has 3 nitrogen and oxygen atoms in total. The van der Waals surface area contributed by atoms with Crippen LogP contribution in [-0.4, -0.2) is 44.5 Å². The molecule has 0 aliphatic rings. The van der Waals surface area contributed by atoms with Crippen LogP contribution >= 0.6 is 11.3 Å². The molecule has 0 aromatic carbocycles. The quantitative estimate of drug-likeness (QED) is 0.572. The Kier molecular flexibility index (Phi) is 7.21. The molecule has 0 aliphatic heterocycles. The van der Waals surface area contributed by atoms with E-state index in [2.05, 4.69) is 26.8 Å². The topological polar surface area (TPSA) is 46.5 Å². The second-order valence-electron chi connectivity index (χ2n) is 4.16. The monoisotopic (exact) mass is 437 g/mol. The minimum Gasteiger partial charge on any atom is -0.483 e. The molecule has 0 bridgehead atoms. The first kappa shape index (κ1) is 15.9. The van der Waals surface area contributed by atoms with Crippen LogP contribution in [0.2, 0.25) is 0 Å². The van der Waals surface area contributed by atoms with Gasteiger partial charge in [0.05, 0.1) is 0 Å². The molecule has 1 heterocycles. The Morgan fingerprint density at radius 1 is 1.56 bits per heavy atom. The van der Waals surface area contributed by atoms with Gasteiger partial charge in [0.15, 0.2) is 0 Å². The fourth-order valence-electron chi connectivity index (χ4n) is 1.08. The van der Waals surface area contributed by atoms with Gasteiger partial charge in [0, 0.05) is 0 Å². The molecule has 16 heavy (non-hydrogen) atoms. The Morgan fingerprint density at radius 2 is 2.06 bits per heavy atom. The number of ether oxygens (including phenoxy) is 1. The molecule has 1 aromatic rings. The average Bonchev–Trinajstić information content (AvgIpc) is 2.61. The summed E-state index contributed by atoms with van der Waals surface area (Å²) in [6.45, 7) is 6.49. The number of rotatable bonds is 2. The third-order valence-electron chi connectivity index (χ3n) is 1.89. The van der Waals surface area contributed by atoms with Gasteiger partial charge in [-0.1, -0.05) is 0 Å². The predicted molar refractivity (Wildman–Crippen MR) is 67.7 cm³/mol. The summed E-state index contributed by atoms with van der Waals surface area (Å²) < 4.78 is 6.54. The Balaban J connectivity index is 0.000000673. The van der Waals surface area contributed by atoms with E-state index in [1.54, 1.807) is 18.4 Å². The first-order valence-corrected chi connectivity index (χ1v) is 8.36. The van der Waals surface area contributed by atoms with Crippen LogP contribution in [0.3, 0.4) is 0 Å². The smallest absolute Gasteiger partial charge is 0.290 e. The number of carboxylic acid groups (broad SMARTS) is 1. The van der Waals surface area contributed by atoms with Crippen molar-refractivity contribution in [2.24, 2.45) is 0 Å². The normalized spacial score (nSPS) is 10.3. The number of carbonyl (C=O) groups is 1. The molecular weight excluding hydrogens is 419 g/mol. The predicted octanol–water partition coefficient (Wildman–Crippen LogP) is 2.42. The van der Waals surface area contributed by atoms with Crippen LogP contribution < -0.4 is 4.74 Å². The van der Waals surface area contributed by atoms with Gasteiger partial charge in [-0.25, -0.2) is 0 Å². The molecule has 1 rings (SSSR count). The molecule has 0 saturated carbocycles. The van der Waals surface area contributed by atoms with E-state index in [1.807, 2.05) is 0 Å². The molecule has 0 unspecified atom stereocenters. The molecule has 0 aliphatic carbocycles. The Labute approximate surface area is 117 Å².